The van der Waals surface area contributed by atoms with E-state index in [-0.39, 0.29) is 0 Å². The molecule has 0 radical (unpaired) electrons. The Morgan fingerprint density at radius 1 is 0.295 bits per heavy atom. The topological polar surface area (TPSA) is 36.1 Å². The molecule has 0 bridgehead atoms. The second-order valence-electron chi connectivity index (χ2n) is 23.3. The SMILES string of the molecule is CC(C)c1ccc2c(c1)c1cc(C(C)C)ccc1n2-c1ccc2cc3c(cc2c1)oc1c(-c2ccccc2)c2c(oc4cc5cc(-n6c7ccc(C(C)C)cc7c7cc(C(C)C)ccc76)ccc5cc42)c(-c2ccccc2)c13. The molecule has 78 heavy (non-hydrogen) atoms. The van der Waals surface area contributed by atoms with Gasteiger partial charge < -0.3 is 18.0 Å². The minimum absolute atomic E-state index is 0.435. The summed E-state index contributed by atoms with van der Waals surface area (Å²) in [5, 5.41) is 13.9. The van der Waals surface area contributed by atoms with Crippen LogP contribution in [0.3, 0.4) is 0 Å². The highest BCUT2D eigenvalue weighted by atomic mass is 16.3. The Labute approximate surface area is 453 Å². The van der Waals surface area contributed by atoms with E-state index in [0.29, 0.717) is 23.7 Å². The quantitative estimate of drug-likeness (QED) is 0.152. The summed E-state index contributed by atoms with van der Waals surface area (Å²) in [6.45, 7) is 18.2. The van der Waals surface area contributed by atoms with Crippen molar-refractivity contribution in [1.29, 1.82) is 0 Å². The van der Waals surface area contributed by atoms with Crippen molar-refractivity contribution >= 4 is 109 Å². The Morgan fingerprint density at radius 3 is 0.949 bits per heavy atom. The molecule has 0 aliphatic heterocycles. The van der Waals surface area contributed by atoms with Gasteiger partial charge in [-0.15, -0.1) is 0 Å². The molecule has 0 saturated heterocycles. The average molecular weight is 1010 g/mol. The smallest absolute Gasteiger partial charge is 0.144 e. The number of benzene rings is 11. The molecule has 0 atom stereocenters. The van der Waals surface area contributed by atoms with Gasteiger partial charge in [0.15, 0.2) is 0 Å². The number of rotatable bonds is 8. The first-order valence-electron chi connectivity index (χ1n) is 28.0. The summed E-state index contributed by atoms with van der Waals surface area (Å²) < 4.78 is 19.7. The first-order valence-corrected chi connectivity index (χ1v) is 28.0. The molecule has 0 aliphatic carbocycles. The molecular formula is C74H60N2O2. The van der Waals surface area contributed by atoms with E-state index in [1.165, 1.54) is 65.9 Å². The lowest BCUT2D eigenvalue weighted by Gasteiger charge is -2.12. The monoisotopic (exact) mass is 1010 g/mol. The van der Waals surface area contributed by atoms with E-state index in [2.05, 4.69) is 259 Å². The Morgan fingerprint density at radius 2 is 0.628 bits per heavy atom. The summed E-state index contributed by atoms with van der Waals surface area (Å²) in [4.78, 5) is 0. The lowest BCUT2D eigenvalue weighted by atomic mass is 9.90. The molecule has 11 aromatic carbocycles. The van der Waals surface area contributed by atoms with E-state index in [1.807, 2.05) is 0 Å². The molecule has 4 nitrogen and oxygen atoms in total. The highest BCUT2D eigenvalue weighted by Gasteiger charge is 2.28. The van der Waals surface area contributed by atoms with Gasteiger partial charge in [0.2, 0.25) is 0 Å². The molecular weight excluding hydrogens is 949 g/mol. The summed E-state index contributed by atoms with van der Waals surface area (Å²) in [7, 11) is 0. The zero-order valence-corrected chi connectivity index (χ0v) is 45.5. The van der Waals surface area contributed by atoms with Crippen molar-refractivity contribution in [1.82, 2.24) is 9.13 Å². The fourth-order valence-corrected chi connectivity index (χ4v) is 12.9. The fourth-order valence-electron chi connectivity index (χ4n) is 12.9. The Balaban J connectivity index is 0.962. The van der Waals surface area contributed by atoms with Gasteiger partial charge in [-0.3, -0.25) is 0 Å². The molecule has 4 aromatic heterocycles. The molecule has 0 amide bonds. The van der Waals surface area contributed by atoms with Crippen molar-refractivity contribution in [3.05, 3.63) is 216 Å². The maximum atomic E-state index is 7.38. The van der Waals surface area contributed by atoms with Gasteiger partial charge >= 0.3 is 0 Å². The van der Waals surface area contributed by atoms with Crippen molar-refractivity contribution in [2.45, 2.75) is 79.1 Å². The molecule has 378 valence electrons. The Kier molecular flexibility index (Phi) is 10.3. The minimum Gasteiger partial charge on any atom is -0.455 e. The molecule has 0 fully saturated rings. The Hall–Kier alpha value is -8.86. The summed E-state index contributed by atoms with van der Waals surface area (Å²) in [6.07, 6.45) is 0. The number of furan rings is 2. The number of hydrogen-bond donors (Lipinski definition) is 0. The van der Waals surface area contributed by atoms with Crippen molar-refractivity contribution in [2.24, 2.45) is 0 Å². The van der Waals surface area contributed by atoms with Gasteiger partial charge in [0.1, 0.15) is 22.3 Å². The molecule has 0 saturated carbocycles. The number of aromatic nitrogens is 2. The average Bonchev–Trinajstić information content (AvgIpc) is 4.41. The minimum atomic E-state index is 0.435. The standard InChI is InChI=1S/C74H60N2O2/c1-41(2)47-21-27-63-57(33-47)58-34-48(42(3)4)22-28-64(58)75(63)55-25-19-51-37-61-67(39-53(51)31-55)77-73-70(46-17-13-10-14-18-46)72-62-38-52-20-26-56(32-54(52)40-68(62)78-74(72)69(71(61)73)45-15-11-9-12-16-45)76-65-29-23-49(43(5)6)35-59(65)60-36-50(44(7)8)24-30-66(60)76/h9-44H,1-8H3. The largest absolute Gasteiger partial charge is 0.455 e. The molecule has 15 rings (SSSR count). The van der Waals surface area contributed by atoms with E-state index in [0.717, 1.165) is 99.1 Å². The maximum absolute atomic E-state index is 7.38. The van der Waals surface area contributed by atoms with Crippen LogP contribution < -0.4 is 0 Å². The van der Waals surface area contributed by atoms with Gasteiger partial charge in [-0.05, 0) is 176 Å². The number of hydrogen-bond acceptors (Lipinski definition) is 2. The number of fused-ring (bicyclic) bond motifs is 14. The van der Waals surface area contributed by atoms with Gasteiger partial charge in [-0.2, -0.15) is 0 Å². The third kappa shape index (κ3) is 6.98. The molecule has 0 spiro atoms. The summed E-state index contributed by atoms with van der Waals surface area (Å²) >= 11 is 0. The van der Waals surface area contributed by atoms with Gasteiger partial charge in [0.05, 0.1) is 22.1 Å². The second-order valence-corrected chi connectivity index (χ2v) is 23.3. The molecule has 0 N–H and O–H groups in total. The van der Waals surface area contributed by atoms with Crippen LogP contribution in [-0.2, 0) is 0 Å². The molecule has 4 heteroatoms. The van der Waals surface area contributed by atoms with E-state index < -0.39 is 0 Å². The predicted molar refractivity (Wildman–Crippen MR) is 332 cm³/mol. The molecule has 15 aromatic rings. The Bertz CT molecular complexity index is 4510. The fraction of sp³-hybridized carbons (Fsp3) is 0.162. The predicted octanol–water partition coefficient (Wildman–Crippen LogP) is 21.8. The molecule has 0 aliphatic rings. The van der Waals surface area contributed by atoms with Crippen LogP contribution in [0, 0.1) is 0 Å². The van der Waals surface area contributed by atoms with Gasteiger partial charge in [0, 0.05) is 65.6 Å². The van der Waals surface area contributed by atoms with Gasteiger partial charge in [-0.1, -0.05) is 152 Å². The zero-order valence-electron chi connectivity index (χ0n) is 45.5. The number of nitrogens with zero attached hydrogens (tertiary/aromatic N) is 2. The first-order chi connectivity index (χ1) is 37.9. The molecule has 4 heterocycles. The van der Waals surface area contributed by atoms with Crippen molar-refractivity contribution in [2.75, 3.05) is 0 Å². The normalized spacial score (nSPS) is 12.6. The lowest BCUT2D eigenvalue weighted by Crippen LogP contribution is -1.95. The summed E-state index contributed by atoms with van der Waals surface area (Å²) in [6, 6.07) is 72.6. The van der Waals surface area contributed by atoms with Crippen LogP contribution in [0.1, 0.15) is 101 Å². The van der Waals surface area contributed by atoms with Crippen molar-refractivity contribution in [3.8, 4) is 33.6 Å². The van der Waals surface area contributed by atoms with Crippen LogP contribution in [0.4, 0.5) is 0 Å². The molecule has 0 unspecified atom stereocenters. The summed E-state index contributed by atoms with van der Waals surface area (Å²) in [5.74, 6) is 1.74. The van der Waals surface area contributed by atoms with Gasteiger partial charge in [-0.25, -0.2) is 0 Å². The van der Waals surface area contributed by atoms with E-state index in [9.17, 15) is 0 Å². The lowest BCUT2D eigenvalue weighted by molar-refractivity contribution is 0.666. The third-order valence-electron chi connectivity index (χ3n) is 17.1. The second kappa shape index (κ2) is 17.3. The summed E-state index contributed by atoms with van der Waals surface area (Å²) in [5.41, 5.74) is 20.1. The van der Waals surface area contributed by atoms with Crippen LogP contribution >= 0.6 is 0 Å². The van der Waals surface area contributed by atoms with Gasteiger partial charge in [0.25, 0.3) is 0 Å². The zero-order chi connectivity index (χ0) is 52.8. The maximum Gasteiger partial charge on any atom is 0.144 e. The van der Waals surface area contributed by atoms with Crippen LogP contribution in [0.5, 0.6) is 0 Å². The van der Waals surface area contributed by atoms with E-state index in [1.54, 1.807) is 0 Å². The van der Waals surface area contributed by atoms with Crippen LogP contribution in [0.15, 0.2) is 203 Å². The van der Waals surface area contributed by atoms with Crippen LogP contribution in [0.25, 0.3) is 143 Å². The van der Waals surface area contributed by atoms with Crippen molar-refractivity contribution in [3.63, 3.8) is 0 Å². The van der Waals surface area contributed by atoms with Crippen molar-refractivity contribution < 1.29 is 8.83 Å². The van der Waals surface area contributed by atoms with E-state index in [4.69, 9.17) is 8.83 Å². The third-order valence-corrected chi connectivity index (χ3v) is 17.1. The van der Waals surface area contributed by atoms with Crippen LogP contribution in [-0.4, -0.2) is 9.13 Å². The highest BCUT2D eigenvalue weighted by Crippen LogP contribution is 2.52. The van der Waals surface area contributed by atoms with E-state index >= 15 is 0 Å². The van der Waals surface area contributed by atoms with Crippen LogP contribution in [0.2, 0.25) is 0 Å². The highest BCUT2D eigenvalue weighted by molar-refractivity contribution is 6.31. The first kappa shape index (κ1) is 46.4.